The highest BCUT2D eigenvalue weighted by Gasteiger charge is 2.64. The summed E-state index contributed by atoms with van der Waals surface area (Å²) in [5.41, 5.74) is 0.999. The number of aliphatic carboxylic acids is 1. The van der Waals surface area contributed by atoms with Gasteiger partial charge in [-0.15, -0.1) is 0 Å². The average Bonchev–Trinajstić information content (AvgIpc) is 3.72. The van der Waals surface area contributed by atoms with Crippen molar-refractivity contribution < 1.29 is 23.9 Å². The molecule has 2 fully saturated rings. The van der Waals surface area contributed by atoms with Crippen LogP contribution in [-0.2, 0) is 9.59 Å². The van der Waals surface area contributed by atoms with Crippen LogP contribution in [0, 0.1) is 24.6 Å². The molecule has 1 aliphatic heterocycles. The van der Waals surface area contributed by atoms with Gasteiger partial charge >= 0.3 is 5.97 Å². The summed E-state index contributed by atoms with van der Waals surface area (Å²) >= 11 is 0. The van der Waals surface area contributed by atoms with Gasteiger partial charge in [-0.05, 0) is 56.0 Å². The Balaban J connectivity index is 1.74. The molecule has 1 amide bonds. The van der Waals surface area contributed by atoms with Crippen LogP contribution in [0.15, 0.2) is 84.9 Å². The van der Waals surface area contributed by atoms with Crippen molar-refractivity contribution in [3.8, 4) is 0 Å². The second-order valence-corrected chi connectivity index (χ2v) is 10.5. The summed E-state index contributed by atoms with van der Waals surface area (Å²) in [6, 6.07) is 21.5. The summed E-state index contributed by atoms with van der Waals surface area (Å²) in [5.74, 6) is -4.22. The number of likely N-dealkylation sites (tertiary alicyclic amines) is 1. The minimum atomic E-state index is -1.73. The average molecular weight is 512 g/mol. The van der Waals surface area contributed by atoms with E-state index in [1.807, 2.05) is 49.4 Å². The number of amides is 1. The Hall–Kier alpha value is -4.06. The molecule has 0 aromatic heterocycles. The van der Waals surface area contributed by atoms with E-state index < -0.39 is 35.2 Å². The van der Waals surface area contributed by atoms with Crippen LogP contribution in [0.3, 0.4) is 0 Å². The van der Waals surface area contributed by atoms with Crippen LogP contribution in [0.25, 0.3) is 6.08 Å². The van der Waals surface area contributed by atoms with E-state index in [1.165, 1.54) is 36.1 Å². The number of carbonyl (C=O) groups excluding carboxylic acids is 2. The third-order valence-electron chi connectivity index (χ3n) is 7.85. The molecule has 6 heteroatoms. The van der Waals surface area contributed by atoms with Crippen molar-refractivity contribution in [2.24, 2.45) is 11.8 Å². The van der Waals surface area contributed by atoms with Crippen LogP contribution in [0.4, 0.5) is 4.39 Å². The first-order valence-electron chi connectivity index (χ1n) is 12.9. The Morgan fingerprint density at radius 1 is 0.974 bits per heavy atom. The molecule has 1 heterocycles. The van der Waals surface area contributed by atoms with Crippen LogP contribution in [0.2, 0.25) is 0 Å². The van der Waals surface area contributed by atoms with E-state index in [-0.39, 0.29) is 17.6 Å². The summed E-state index contributed by atoms with van der Waals surface area (Å²) < 4.78 is 13.9. The number of carbonyl (C=O) groups is 3. The van der Waals surface area contributed by atoms with Crippen molar-refractivity contribution in [3.63, 3.8) is 0 Å². The monoisotopic (exact) mass is 511 g/mol. The lowest BCUT2D eigenvalue weighted by Crippen LogP contribution is -2.56. The third-order valence-corrected chi connectivity index (χ3v) is 7.85. The lowest BCUT2D eigenvalue weighted by atomic mass is 9.72. The van der Waals surface area contributed by atoms with E-state index in [0.29, 0.717) is 24.0 Å². The van der Waals surface area contributed by atoms with Crippen molar-refractivity contribution in [1.82, 2.24) is 4.90 Å². The molecular formula is C32H30FNO4. The van der Waals surface area contributed by atoms with Gasteiger partial charge in [-0.2, -0.15) is 0 Å². The first kappa shape index (κ1) is 25.6. The molecule has 38 heavy (non-hydrogen) atoms. The number of benzene rings is 3. The number of ketones is 1. The van der Waals surface area contributed by atoms with Crippen molar-refractivity contribution in [1.29, 1.82) is 0 Å². The number of hydrogen-bond donors (Lipinski definition) is 1. The highest BCUT2D eigenvalue weighted by molar-refractivity contribution is 6.02. The van der Waals surface area contributed by atoms with E-state index in [9.17, 15) is 23.9 Å². The molecule has 0 bridgehead atoms. The van der Waals surface area contributed by atoms with Crippen LogP contribution < -0.4 is 0 Å². The SMILES string of the molecule is Cc1cccc(C(=O)C2C(C=Cc3ccccc3)N(C(=O)C3CC3)C(C)(C(=O)O)C2c2ccc(F)cc2)c1. The Kier molecular flexibility index (Phi) is 6.74. The standard InChI is InChI=1S/C32H30FNO4/c1-20-7-6-10-24(19-20)29(35)27-26(18-11-21-8-4-3-5-9-21)34(30(36)23-12-13-23)32(2,31(37)38)28(27)22-14-16-25(33)17-15-22/h3-11,14-19,23,26-28H,12-13H2,1-2H3,(H,37,38). The van der Waals surface area contributed by atoms with Gasteiger partial charge in [-0.25, -0.2) is 9.18 Å². The van der Waals surface area contributed by atoms with E-state index in [2.05, 4.69) is 0 Å². The summed E-state index contributed by atoms with van der Waals surface area (Å²) in [6.45, 7) is 3.41. The van der Waals surface area contributed by atoms with Gasteiger partial charge in [0.05, 0.1) is 12.0 Å². The molecule has 5 nitrogen and oxygen atoms in total. The van der Waals surface area contributed by atoms with Gasteiger partial charge in [-0.3, -0.25) is 9.59 Å². The minimum absolute atomic E-state index is 0.246. The predicted molar refractivity (Wildman–Crippen MR) is 143 cm³/mol. The van der Waals surface area contributed by atoms with Gasteiger partial charge in [0, 0.05) is 17.4 Å². The molecule has 2 aliphatic rings. The Morgan fingerprint density at radius 3 is 2.26 bits per heavy atom. The van der Waals surface area contributed by atoms with Crippen LogP contribution in [0.5, 0.6) is 0 Å². The van der Waals surface area contributed by atoms with Crippen LogP contribution in [0.1, 0.15) is 52.7 Å². The normalized spacial score (nSPS) is 25.0. The Labute approximate surface area is 221 Å². The van der Waals surface area contributed by atoms with Crippen molar-refractivity contribution >= 4 is 23.7 Å². The maximum absolute atomic E-state index is 14.3. The first-order chi connectivity index (χ1) is 18.2. The quantitative estimate of drug-likeness (QED) is 0.401. The second-order valence-electron chi connectivity index (χ2n) is 10.5. The topological polar surface area (TPSA) is 74.7 Å². The molecule has 1 N–H and O–H groups in total. The zero-order chi connectivity index (χ0) is 27.0. The molecule has 0 radical (unpaired) electrons. The number of rotatable bonds is 7. The molecule has 1 saturated carbocycles. The van der Waals surface area contributed by atoms with Crippen molar-refractivity contribution in [3.05, 3.63) is 113 Å². The third kappa shape index (κ3) is 4.55. The fraction of sp³-hybridized carbons (Fsp3) is 0.281. The maximum atomic E-state index is 14.3. The first-order valence-corrected chi connectivity index (χ1v) is 12.9. The number of nitrogens with zero attached hydrogens (tertiary/aromatic N) is 1. The molecule has 0 spiro atoms. The zero-order valence-electron chi connectivity index (χ0n) is 21.4. The van der Waals surface area contributed by atoms with Crippen molar-refractivity contribution in [2.75, 3.05) is 0 Å². The smallest absolute Gasteiger partial charge is 0.330 e. The fourth-order valence-corrected chi connectivity index (χ4v) is 5.78. The summed E-state index contributed by atoms with van der Waals surface area (Å²) in [4.78, 5) is 42.6. The summed E-state index contributed by atoms with van der Waals surface area (Å²) in [5, 5.41) is 10.7. The Bertz CT molecular complexity index is 1400. The van der Waals surface area contributed by atoms with Crippen LogP contribution >= 0.6 is 0 Å². The number of halogens is 1. The molecular weight excluding hydrogens is 481 g/mol. The molecule has 3 aromatic rings. The van der Waals surface area contributed by atoms with E-state index in [1.54, 1.807) is 24.3 Å². The van der Waals surface area contributed by atoms with Gasteiger partial charge in [0.1, 0.15) is 11.4 Å². The number of aryl methyl sites for hydroxylation is 1. The van der Waals surface area contributed by atoms with E-state index in [4.69, 9.17) is 0 Å². The van der Waals surface area contributed by atoms with E-state index >= 15 is 0 Å². The van der Waals surface area contributed by atoms with E-state index in [0.717, 1.165) is 11.1 Å². The van der Waals surface area contributed by atoms with Crippen molar-refractivity contribution in [2.45, 2.75) is 44.2 Å². The summed E-state index contributed by atoms with van der Waals surface area (Å²) in [7, 11) is 0. The summed E-state index contributed by atoms with van der Waals surface area (Å²) in [6.07, 6.45) is 5.01. The number of Topliss-reactive ketones (excluding diaryl/α,β-unsaturated/α-hetero) is 1. The molecule has 5 rings (SSSR count). The van der Waals surface area contributed by atoms with Gasteiger partial charge in [0.15, 0.2) is 5.78 Å². The fourth-order valence-electron chi connectivity index (χ4n) is 5.78. The molecule has 194 valence electrons. The number of carboxylic acid groups (broad SMARTS) is 1. The largest absolute Gasteiger partial charge is 0.479 e. The molecule has 4 unspecified atom stereocenters. The lowest BCUT2D eigenvalue weighted by molar-refractivity contribution is -0.157. The molecule has 3 aromatic carbocycles. The predicted octanol–water partition coefficient (Wildman–Crippen LogP) is 5.89. The van der Waals surface area contributed by atoms with Gasteiger partial charge < -0.3 is 10.0 Å². The Morgan fingerprint density at radius 2 is 1.66 bits per heavy atom. The highest BCUT2D eigenvalue weighted by atomic mass is 19.1. The molecule has 1 aliphatic carbocycles. The highest BCUT2D eigenvalue weighted by Crippen LogP contribution is 2.53. The van der Waals surface area contributed by atoms with Crippen LogP contribution in [-0.4, -0.2) is 39.2 Å². The number of carboxylic acids is 1. The lowest BCUT2D eigenvalue weighted by Gasteiger charge is -2.37. The second kappa shape index (κ2) is 10.0. The van der Waals surface area contributed by atoms with Gasteiger partial charge in [0.2, 0.25) is 5.91 Å². The maximum Gasteiger partial charge on any atom is 0.330 e. The zero-order valence-corrected chi connectivity index (χ0v) is 21.4. The van der Waals surface area contributed by atoms with Gasteiger partial charge in [-0.1, -0.05) is 78.4 Å². The minimum Gasteiger partial charge on any atom is -0.479 e. The molecule has 1 saturated heterocycles. The number of hydrogen-bond acceptors (Lipinski definition) is 3. The van der Waals surface area contributed by atoms with Gasteiger partial charge in [0.25, 0.3) is 0 Å². The molecule has 4 atom stereocenters.